The average Bonchev–Trinajstić information content (AvgIpc) is 2.19. The summed E-state index contributed by atoms with van der Waals surface area (Å²) in [5, 5.41) is 11.5. The lowest BCUT2D eigenvalue weighted by Gasteiger charge is -1.98. The molecule has 0 amide bonds. The van der Waals surface area contributed by atoms with Crippen LogP contribution in [0.25, 0.3) is 0 Å². The first-order chi connectivity index (χ1) is 6.61. The minimum Gasteiger partial charge on any atom is -0.478 e. The van der Waals surface area contributed by atoms with Gasteiger partial charge in [-0.2, -0.15) is 0 Å². The van der Waals surface area contributed by atoms with Crippen molar-refractivity contribution >= 4 is 5.97 Å². The third-order valence-corrected chi connectivity index (χ3v) is 1.31. The van der Waals surface area contributed by atoms with E-state index in [0.29, 0.717) is 0 Å². The highest BCUT2D eigenvalue weighted by Crippen LogP contribution is 2.00. The van der Waals surface area contributed by atoms with Crippen LogP contribution in [-0.4, -0.2) is 18.1 Å². The van der Waals surface area contributed by atoms with Gasteiger partial charge in [0.05, 0.1) is 5.57 Å². The number of carboxylic acid groups (broad SMARTS) is 1. The Balaban J connectivity index is 0. The van der Waals surface area contributed by atoms with Gasteiger partial charge >= 0.3 is 5.97 Å². The molecule has 0 unspecified atom stereocenters. The molecule has 2 N–H and O–H groups in total. The summed E-state index contributed by atoms with van der Waals surface area (Å²) in [5.41, 5.74) is 1.02. The minimum atomic E-state index is -0.954. The predicted molar refractivity (Wildman–Crippen MR) is 60.1 cm³/mol. The highest BCUT2D eigenvalue weighted by Gasteiger charge is 2.01. The fraction of sp³-hybridized carbons (Fsp3) is 0.364. The van der Waals surface area contributed by atoms with E-state index in [1.165, 1.54) is 12.2 Å². The Morgan fingerprint density at radius 1 is 1.43 bits per heavy atom. The normalized spacial score (nSPS) is 11.1. The van der Waals surface area contributed by atoms with Crippen LogP contribution in [-0.2, 0) is 4.79 Å². The maximum absolute atomic E-state index is 10.6. The number of carbonyl (C=O) groups is 1. The van der Waals surface area contributed by atoms with Gasteiger partial charge in [-0.15, -0.1) is 0 Å². The molecule has 80 valence electrons. The standard InChI is InChI=1S/C9H13NO2.C2H6/c1-4-5-8(9(11)12)6-7(2)10-3;1-2/h4-6,10H,1H2,2-3H3,(H,11,12);1-2H3/b7-6+,8-5+;. The highest BCUT2D eigenvalue weighted by atomic mass is 16.4. The molecule has 0 aliphatic rings. The van der Waals surface area contributed by atoms with Crippen molar-refractivity contribution in [1.82, 2.24) is 5.32 Å². The summed E-state index contributed by atoms with van der Waals surface area (Å²) in [5.74, 6) is -0.954. The van der Waals surface area contributed by atoms with Gasteiger partial charge in [0.2, 0.25) is 0 Å². The van der Waals surface area contributed by atoms with Crippen molar-refractivity contribution in [2.45, 2.75) is 20.8 Å². The smallest absolute Gasteiger partial charge is 0.335 e. The van der Waals surface area contributed by atoms with Crippen molar-refractivity contribution < 1.29 is 9.90 Å². The molecule has 0 aromatic heterocycles. The van der Waals surface area contributed by atoms with E-state index < -0.39 is 5.97 Å². The molecule has 0 saturated heterocycles. The Bertz CT molecular complexity index is 240. The van der Waals surface area contributed by atoms with Crippen LogP contribution in [0, 0.1) is 0 Å². The van der Waals surface area contributed by atoms with Gasteiger partial charge in [0.15, 0.2) is 0 Å². The molecule has 0 radical (unpaired) electrons. The summed E-state index contributed by atoms with van der Waals surface area (Å²) >= 11 is 0. The fourth-order valence-electron chi connectivity index (χ4n) is 0.614. The predicted octanol–water partition coefficient (Wildman–Crippen LogP) is 2.33. The topological polar surface area (TPSA) is 49.3 Å². The molecule has 3 nitrogen and oxygen atoms in total. The van der Waals surface area contributed by atoms with Gasteiger partial charge in [-0.05, 0) is 19.1 Å². The number of aliphatic carboxylic acids is 1. The number of nitrogens with one attached hydrogen (secondary N) is 1. The average molecular weight is 197 g/mol. The molecule has 0 rings (SSSR count). The maximum Gasteiger partial charge on any atom is 0.335 e. The largest absolute Gasteiger partial charge is 0.478 e. The monoisotopic (exact) mass is 197 g/mol. The van der Waals surface area contributed by atoms with Crippen LogP contribution < -0.4 is 5.32 Å². The molecule has 0 fully saturated rings. The lowest BCUT2D eigenvalue weighted by molar-refractivity contribution is -0.132. The van der Waals surface area contributed by atoms with Crippen LogP contribution in [0.1, 0.15) is 20.8 Å². The van der Waals surface area contributed by atoms with Gasteiger partial charge in [0.1, 0.15) is 0 Å². The van der Waals surface area contributed by atoms with Crippen LogP contribution in [0.15, 0.2) is 36.1 Å². The van der Waals surface area contributed by atoms with E-state index in [2.05, 4.69) is 11.9 Å². The summed E-state index contributed by atoms with van der Waals surface area (Å²) < 4.78 is 0. The van der Waals surface area contributed by atoms with Crippen molar-refractivity contribution in [2.24, 2.45) is 0 Å². The number of rotatable bonds is 4. The van der Waals surface area contributed by atoms with Crippen molar-refractivity contribution in [2.75, 3.05) is 7.05 Å². The summed E-state index contributed by atoms with van der Waals surface area (Å²) in [6.07, 6.45) is 4.44. The maximum atomic E-state index is 10.6. The number of allylic oxidation sites excluding steroid dienone is 3. The van der Waals surface area contributed by atoms with Gasteiger partial charge in [-0.25, -0.2) is 4.79 Å². The molecular formula is C11H19NO2. The number of hydrogen-bond acceptors (Lipinski definition) is 2. The van der Waals surface area contributed by atoms with E-state index in [1.807, 2.05) is 13.8 Å². The molecule has 0 aliphatic heterocycles. The van der Waals surface area contributed by atoms with Gasteiger partial charge < -0.3 is 10.4 Å². The molecule has 0 aromatic rings. The Labute approximate surface area is 85.8 Å². The highest BCUT2D eigenvalue weighted by molar-refractivity contribution is 5.90. The second-order valence-corrected chi connectivity index (χ2v) is 2.24. The molecule has 0 spiro atoms. The van der Waals surface area contributed by atoms with Gasteiger partial charge in [0.25, 0.3) is 0 Å². The quantitative estimate of drug-likeness (QED) is 0.537. The summed E-state index contributed by atoms with van der Waals surface area (Å²) in [7, 11) is 1.74. The van der Waals surface area contributed by atoms with Crippen LogP contribution in [0.5, 0.6) is 0 Å². The Kier molecular flexibility index (Phi) is 10.3. The lowest BCUT2D eigenvalue weighted by Crippen LogP contribution is -2.05. The van der Waals surface area contributed by atoms with E-state index >= 15 is 0 Å². The van der Waals surface area contributed by atoms with E-state index in [-0.39, 0.29) is 5.57 Å². The van der Waals surface area contributed by atoms with Gasteiger partial charge in [-0.3, -0.25) is 0 Å². The van der Waals surface area contributed by atoms with Gasteiger partial charge in [-0.1, -0.05) is 26.5 Å². The molecule has 0 saturated carbocycles. The summed E-state index contributed by atoms with van der Waals surface area (Å²) in [6, 6.07) is 0. The molecule has 0 aromatic carbocycles. The van der Waals surface area contributed by atoms with E-state index in [0.717, 1.165) is 5.70 Å². The molecule has 3 heteroatoms. The summed E-state index contributed by atoms with van der Waals surface area (Å²) in [4.78, 5) is 10.6. The van der Waals surface area contributed by atoms with Crippen molar-refractivity contribution in [3.05, 3.63) is 36.1 Å². The Hall–Kier alpha value is -1.51. The molecule has 0 bridgehead atoms. The summed E-state index contributed by atoms with van der Waals surface area (Å²) in [6.45, 7) is 9.22. The van der Waals surface area contributed by atoms with Crippen molar-refractivity contribution in [1.29, 1.82) is 0 Å². The first kappa shape index (κ1) is 15.0. The Morgan fingerprint density at radius 3 is 2.21 bits per heavy atom. The van der Waals surface area contributed by atoms with Gasteiger partial charge in [0, 0.05) is 12.7 Å². The Morgan fingerprint density at radius 2 is 1.93 bits per heavy atom. The van der Waals surface area contributed by atoms with Crippen LogP contribution in [0.2, 0.25) is 0 Å². The molecule has 0 atom stereocenters. The number of hydrogen-bond donors (Lipinski definition) is 2. The van der Waals surface area contributed by atoms with Crippen LogP contribution in [0.4, 0.5) is 0 Å². The zero-order chi connectivity index (χ0) is 11.6. The first-order valence-corrected chi connectivity index (χ1v) is 4.54. The van der Waals surface area contributed by atoms with E-state index in [9.17, 15) is 4.79 Å². The van der Waals surface area contributed by atoms with E-state index in [4.69, 9.17) is 5.11 Å². The van der Waals surface area contributed by atoms with Crippen LogP contribution in [0.3, 0.4) is 0 Å². The lowest BCUT2D eigenvalue weighted by atomic mass is 10.2. The van der Waals surface area contributed by atoms with Crippen molar-refractivity contribution in [3.8, 4) is 0 Å². The zero-order valence-corrected chi connectivity index (χ0v) is 9.29. The molecular weight excluding hydrogens is 178 g/mol. The zero-order valence-electron chi connectivity index (χ0n) is 9.29. The second-order valence-electron chi connectivity index (χ2n) is 2.24. The molecule has 0 aliphatic carbocycles. The molecule has 14 heavy (non-hydrogen) atoms. The third-order valence-electron chi connectivity index (χ3n) is 1.31. The molecule has 0 heterocycles. The fourth-order valence-corrected chi connectivity index (χ4v) is 0.614. The van der Waals surface area contributed by atoms with Crippen LogP contribution >= 0.6 is 0 Å². The second kappa shape index (κ2) is 9.58. The minimum absolute atomic E-state index is 0.219. The number of carboxylic acids is 1. The third kappa shape index (κ3) is 7.16. The SMILES string of the molecule is C=C/C=C(\C=C(/C)NC)C(=O)O.CC. The van der Waals surface area contributed by atoms with E-state index in [1.54, 1.807) is 20.0 Å². The van der Waals surface area contributed by atoms with Crippen molar-refractivity contribution in [3.63, 3.8) is 0 Å². The first-order valence-electron chi connectivity index (χ1n) is 4.54.